The van der Waals surface area contributed by atoms with Crippen LogP contribution in [-0.4, -0.2) is 53.2 Å². The van der Waals surface area contributed by atoms with Gasteiger partial charge < -0.3 is 24.7 Å². The lowest BCUT2D eigenvalue weighted by atomic mass is 9.79. The van der Waals surface area contributed by atoms with E-state index in [-0.39, 0.29) is 19.3 Å². The summed E-state index contributed by atoms with van der Waals surface area (Å²) in [6, 6.07) is 31.9. The molecule has 2 N–H and O–H groups in total. The zero-order valence-corrected chi connectivity index (χ0v) is 24.1. The molecule has 0 bridgehead atoms. The topological polar surface area (TPSA) is 115 Å². The Hall–Kier alpha value is -4.33. The largest absolute Gasteiger partial charge is 0.385 e. The van der Waals surface area contributed by atoms with Gasteiger partial charge in [0.1, 0.15) is 42.1 Å². The van der Waals surface area contributed by atoms with E-state index in [4.69, 9.17) is 24.7 Å². The van der Waals surface area contributed by atoms with Crippen LogP contribution >= 0.6 is 0 Å². The van der Waals surface area contributed by atoms with Crippen LogP contribution in [-0.2, 0) is 38.8 Å². The molecule has 9 nitrogen and oxygen atoms in total. The predicted octanol–water partition coefficient (Wildman–Crippen LogP) is 4.70. The number of ether oxygens (including phenoxy) is 4. The molecule has 1 saturated heterocycles. The summed E-state index contributed by atoms with van der Waals surface area (Å²) >= 11 is 0. The van der Waals surface area contributed by atoms with E-state index in [1.807, 2.05) is 104 Å². The summed E-state index contributed by atoms with van der Waals surface area (Å²) in [4.78, 5) is 4.18. The molecule has 0 aliphatic carbocycles. The fourth-order valence-electron chi connectivity index (χ4n) is 5.99. The third-order valence-electron chi connectivity index (χ3n) is 8.27. The SMILES string of the molecule is C[C@@]1(OCc2ccccc2)[C@H](OCc2ccccc2)[C@@H](COCc2ccccc2)O[C@@]1(C#N)C1=CCC2C(N)=NC=NN12. The Morgan fingerprint density at radius 1 is 0.930 bits per heavy atom. The van der Waals surface area contributed by atoms with Crippen molar-refractivity contribution in [2.24, 2.45) is 15.8 Å². The molecule has 1 fully saturated rings. The number of nitriles is 1. The number of nitrogens with zero attached hydrogens (tertiary/aromatic N) is 4. The second-order valence-corrected chi connectivity index (χ2v) is 11.0. The monoisotopic (exact) mass is 577 g/mol. The molecule has 6 rings (SSSR count). The summed E-state index contributed by atoms with van der Waals surface area (Å²) in [7, 11) is 0. The third-order valence-corrected chi connectivity index (χ3v) is 8.27. The van der Waals surface area contributed by atoms with Crippen LogP contribution in [0.4, 0.5) is 0 Å². The normalized spacial score (nSPS) is 27.8. The first-order valence-electron chi connectivity index (χ1n) is 14.4. The van der Waals surface area contributed by atoms with Crippen molar-refractivity contribution < 1.29 is 18.9 Å². The van der Waals surface area contributed by atoms with Gasteiger partial charge in [-0.25, -0.2) is 4.99 Å². The van der Waals surface area contributed by atoms with Crippen LogP contribution in [0.5, 0.6) is 0 Å². The number of benzene rings is 3. The molecule has 3 heterocycles. The van der Waals surface area contributed by atoms with E-state index in [2.05, 4.69) is 16.2 Å². The van der Waals surface area contributed by atoms with Gasteiger partial charge in [-0.05, 0) is 30.0 Å². The molecular formula is C34H35N5O4. The van der Waals surface area contributed by atoms with Gasteiger partial charge in [-0.15, -0.1) is 0 Å². The molecule has 43 heavy (non-hydrogen) atoms. The minimum atomic E-state index is -1.59. The number of amidine groups is 1. The molecule has 220 valence electrons. The van der Waals surface area contributed by atoms with Crippen molar-refractivity contribution >= 4 is 12.2 Å². The second kappa shape index (κ2) is 12.5. The van der Waals surface area contributed by atoms with Gasteiger partial charge in [-0.1, -0.05) is 97.1 Å². The lowest BCUT2D eigenvalue weighted by Crippen LogP contribution is -2.59. The molecule has 0 amide bonds. The molecule has 5 atom stereocenters. The number of fused-ring (bicyclic) bond motifs is 1. The summed E-state index contributed by atoms with van der Waals surface area (Å²) in [6.07, 6.45) is 2.58. The second-order valence-electron chi connectivity index (χ2n) is 11.0. The molecule has 3 aliphatic rings. The van der Waals surface area contributed by atoms with E-state index in [1.165, 1.54) is 6.34 Å². The van der Waals surface area contributed by atoms with Crippen molar-refractivity contribution in [1.29, 1.82) is 5.26 Å². The van der Waals surface area contributed by atoms with Crippen LogP contribution in [0.15, 0.2) is 113 Å². The highest BCUT2D eigenvalue weighted by molar-refractivity contribution is 5.93. The average Bonchev–Trinajstić information content (AvgIpc) is 3.59. The Balaban J connectivity index is 1.36. The van der Waals surface area contributed by atoms with Crippen LogP contribution < -0.4 is 5.73 Å². The van der Waals surface area contributed by atoms with E-state index < -0.39 is 23.4 Å². The Labute approximate surface area is 251 Å². The maximum absolute atomic E-state index is 11.1. The van der Waals surface area contributed by atoms with Gasteiger partial charge >= 0.3 is 0 Å². The molecule has 3 aromatic rings. The highest BCUT2D eigenvalue weighted by Crippen LogP contribution is 2.51. The number of hydrazone groups is 1. The highest BCUT2D eigenvalue weighted by atomic mass is 16.6. The molecule has 0 radical (unpaired) electrons. The van der Waals surface area contributed by atoms with E-state index in [0.29, 0.717) is 31.2 Å². The van der Waals surface area contributed by atoms with Crippen molar-refractivity contribution in [1.82, 2.24) is 5.01 Å². The average molecular weight is 578 g/mol. The Kier molecular flexibility index (Phi) is 8.36. The molecule has 0 aromatic heterocycles. The number of aliphatic imine (C=N–C) groups is 1. The van der Waals surface area contributed by atoms with Gasteiger partial charge in [-0.3, -0.25) is 5.01 Å². The van der Waals surface area contributed by atoms with Gasteiger partial charge in [0.15, 0.2) is 0 Å². The fraction of sp³-hybridized carbons (Fsp3) is 0.324. The van der Waals surface area contributed by atoms with Crippen LogP contribution in [0.1, 0.15) is 30.0 Å². The van der Waals surface area contributed by atoms with Gasteiger partial charge in [-0.2, -0.15) is 10.4 Å². The van der Waals surface area contributed by atoms with Crippen LogP contribution in [0, 0.1) is 11.3 Å². The Bertz CT molecular complexity index is 1520. The van der Waals surface area contributed by atoms with Gasteiger partial charge in [0.25, 0.3) is 0 Å². The maximum atomic E-state index is 11.1. The summed E-state index contributed by atoms with van der Waals surface area (Å²) in [5, 5.41) is 17.3. The van der Waals surface area contributed by atoms with Crippen LogP contribution in [0.3, 0.4) is 0 Å². The molecule has 3 aromatic carbocycles. The molecular weight excluding hydrogens is 542 g/mol. The molecule has 0 spiro atoms. The van der Waals surface area contributed by atoms with Crippen LogP contribution in [0.2, 0.25) is 0 Å². The quantitative estimate of drug-likeness (QED) is 0.351. The van der Waals surface area contributed by atoms with Gasteiger partial charge in [0.2, 0.25) is 5.60 Å². The minimum Gasteiger partial charge on any atom is -0.385 e. The number of nitrogens with two attached hydrogens (primary N) is 1. The lowest BCUT2D eigenvalue weighted by molar-refractivity contribution is -0.158. The molecule has 9 heteroatoms. The summed E-state index contributed by atoms with van der Waals surface area (Å²) < 4.78 is 26.5. The number of hydrogen-bond acceptors (Lipinski definition) is 9. The molecule has 3 aliphatic heterocycles. The smallest absolute Gasteiger partial charge is 0.227 e. The van der Waals surface area contributed by atoms with Crippen molar-refractivity contribution in [3.05, 3.63) is 119 Å². The zero-order valence-electron chi connectivity index (χ0n) is 24.1. The molecule has 0 saturated carbocycles. The van der Waals surface area contributed by atoms with Gasteiger partial charge in [0, 0.05) is 0 Å². The van der Waals surface area contributed by atoms with Crippen molar-refractivity contribution in [2.75, 3.05) is 6.61 Å². The standard InChI is InChI=1S/C34H35N5O4/c1-33(42-21-27-15-9-4-10-16-27)31(41-20-26-13-7-3-8-14-26)29(22-40-19-25-11-5-2-6-12-25)43-34(33,23-35)30-18-17-28-32(36)37-24-38-39(28)30/h2-16,18,24,28-29,31H,17,19-22H2,1H3,(H2,36,37,38)/t28?,29-,31-,33-,34+/m1/s1. The zero-order chi connectivity index (χ0) is 29.7. The first kappa shape index (κ1) is 28.8. The number of rotatable bonds is 11. The maximum Gasteiger partial charge on any atom is 0.227 e. The van der Waals surface area contributed by atoms with E-state index >= 15 is 0 Å². The Morgan fingerprint density at radius 3 is 2.16 bits per heavy atom. The van der Waals surface area contributed by atoms with Crippen molar-refractivity contribution in [3.8, 4) is 6.07 Å². The summed E-state index contributed by atoms with van der Waals surface area (Å²) in [5.41, 5.74) is 6.94. The van der Waals surface area contributed by atoms with E-state index in [0.717, 1.165) is 16.7 Å². The lowest BCUT2D eigenvalue weighted by Gasteiger charge is -2.42. The van der Waals surface area contributed by atoms with Crippen LogP contribution in [0.25, 0.3) is 0 Å². The minimum absolute atomic E-state index is 0.186. The van der Waals surface area contributed by atoms with E-state index in [1.54, 1.807) is 5.01 Å². The Morgan fingerprint density at radius 2 is 1.53 bits per heavy atom. The fourth-order valence-corrected chi connectivity index (χ4v) is 5.99. The molecule has 1 unspecified atom stereocenters. The predicted molar refractivity (Wildman–Crippen MR) is 162 cm³/mol. The van der Waals surface area contributed by atoms with Crippen molar-refractivity contribution in [2.45, 2.75) is 62.6 Å². The first-order chi connectivity index (χ1) is 21.0. The summed E-state index contributed by atoms with van der Waals surface area (Å²) in [6.45, 7) is 3.02. The third kappa shape index (κ3) is 5.58. The highest BCUT2D eigenvalue weighted by Gasteiger charge is 2.69. The summed E-state index contributed by atoms with van der Waals surface area (Å²) in [5.74, 6) is 0.430. The van der Waals surface area contributed by atoms with Gasteiger partial charge in [0.05, 0.1) is 32.1 Å². The number of hydrogen-bond donors (Lipinski definition) is 1. The first-order valence-corrected chi connectivity index (χ1v) is 14.4. The van der Waals surface area contributed by atoms with E-state index in [9.17, 15) is 5.26 Å². The van der Waals surface area contributed by atoms with Crippen molar-refractivity contribution in [3.63, 3.8) is 0 Å².